The van der Waals surface area contributed by atoms with Gasteiger partial charge in [0.25, 0.3) is 10.0 Å². The van der Waals surface area contributed by atoms with Gasteiger partial charge in [0.15, 0.2) is 0 Å². The van der Waals surface area contributed by atoms with E-state index in [1.165, 1.54) is 6.07 Å². The Morgan fingerprint density at radius 3 is 2.67 bits per heavy atom. The van der Waals surface area contributed by atoms with Crippen molar-refractivity contribution in [3.63, 3.8) is 0 Å². The van der Waals surface area contributed by atoms with Gasteiger partial charge in [-0.25, -0.2) is 13.4 Å². The number of halogens is 1. The van der Waals surface area contributed by atoms with Crippen LogP contribution in [0.25, 0.3) is 22.4 Å². The van der Waals surface area contributed by atoms with E-state index in [9.17, 15) is 8.42 Å². The van der Waals surface area contributed by atoms with Crippen molar-refractivity contribution in [2.45, 2.75) is 38.6 Å². The molecule has 0 spiro atoms. The summed E-state index contributed by atoms with van der Waals surface area (Å²) >= 11 is 6.09. The molecule has 0 unspecified atom stereocenters. The van der Waals surface area contributed by atoms with Crippen LogP contribution in [0.4, 0.5) is 5.69 Å². The van der Waals surface area contributed by atoms with E-state index in [2.05, 4.69) is 26.7 Å². The number of aryl methyl sites for hydroxylation is 2. The zero-order chi connectivity index (χ0) is 21.5. The van der Waals surface area contributed by atoms with Crippen LogP contribution >= 0.6 is 11.6 Å². The third-order valence-electron chi connectivity index (χ3n) is 4.94. The Kier molecular flexibility index (Phi) is 5.29. The van der Waals surface area contributed by atoms with Gasteiger partial charge < -0.3 is 4.98 Å². The molecule has 0 aliphatic carbocycles. The van der Waals surface area contributed by atoms with Crippen LogP contribution in [0.1, 0.15) is 24.7 Å². The third-order valence-corrected chi connectivity index (χ3v) is 6.63. The molecule has 9 heteroatoms. The molecule has 0 radical (unpaired) electrons. The predicted molar refractivity (Wildman–Crippen MR) is 119 cm³/mol. The molecule has 2 N–H and O–H groups in total. The van der Waals surface area contributed by atoms with Gasteiger partial charge in [0.05, 0.1) is 37.9 Å². The largest absolute Gasteiger partial charge is 0.338 e. The maximum absolute atomic E-state index is 12.8. The molecule has 0 saturated carbocycles. The molecule has 0 aliphatic heterocycles. The van der Waals surface area contributed by atoms with Crippen LogP contribution in [0.5, 0.6) is 0 Å². The third kappa shape index (κ3) is 3.68. The molecule has 0 saturated heterocycles. The van der Waals surface area contributed by atoms with Crippen molar-refractivity contribution in [2.24, 2.45) is 0 Å². The Labute approximate surface area is 180 Å². The summed E-state index contributed by atoms with van der Waals surface area (Å²) in [5.41, 5.74) is 4.50. The summed E-state index contributed by atoms with van der Waals surface area (Å²) in [5.74, 6) is 0.677. The first-order valence-corrected chi connectivity index (χ1v) is 11.5. The average molecular weight is 444 g/mol. The topological polar surface area (TPSA) is 92.7 Å². The number of aromatic nitrogens is 4. The molecule has 0 amide bonds. The van der Waals surface area contributed by atoms with Crippen molar-refractivity contribution >= 4 is 38.3 Å². The standard InChI is InChI=1S/C21H22ClN5O2S/c1-4-11-27-14(3)20(13(2)25-27)21-23-18-10-9-15(12-19(18)24-21)30(28,29)26-17-8-6-5-7-16(17)22/h5-10,12,26H,4,11H2,1-3H3,(H,23,24). The summed E-state index contributed by atoms with van der Waals surface area (Å²) in [7, 11) is -3.80. The zero-order valence-corrected chi connectivity index (χ0v) is 18.5. The maximum atomic E-state index is 12.8. The number of nitrogens with one attached hydrogen (secondary N) is 2. The van der Waals surface area contributed by atoms with Gasteiger partial charge in [-0.2, -0.15) is 5.10 Å². The van der Waals surface area contributed by atoms with Gasteiger partial charge in [0, 0.05) is 12.2 Å². The summed E-state index contributed by atoms with van der Waals surface area (Å²) in [5, 5.41) is 4.93. The molecule has 156 valence electrons. The molecule has 0 atom stereocenters. The number of hydrogen-bond donors (Lipinski definition) is 2. The van der Waals surface area contributed by atoms with Gasteiger partial charge in [-0.05, 0) is 50.6 Å². The number of H-pyrrole nitrogens is 1. The van der Waals surface area contributed by atoms with Crippen LogP contribution in [0, 0.1) is 13.8 Å². The Morgan fingerprint density at radius 2 is 1.93 bits per heavy atom. The lowest BCUT2D eigenvalue weighted by atomic mass is 10.2. The fourth-order valence-corrected chi connectivity index (χ4v) is 4.84. The first-order chi connectivity index (χ1) is 14.3. The van der Waals surface area contributed by atoms with Crippen LogP contribution in [-0.4, -0.2) is 28.2 Å². The second-order valence-electron chi connectivity index (χ2n) is 7.12. The number of rotatable bonds is 6. The number of hydrogen-bond acceptors (Lipinski definition) is 4. The minimum Gasteiger partial charge on any atom is -0.338 e. The summed E-state index contributed by atoms with van der Waals surface area (Å²) in [4.78, 5) is 8.03. The number of benzene rings is 2. The van der Waals surface area contributed by atoms with E-state index in [0.717, 1.165) is 29.9 Å². The van der Waals surface area contributed by atoms with Gasteiger partial charge in [-0.1, -0.05) is 30.7 Å². The first kappa shape index (κ1) is 20.4. The highest BCUT2D eigenvalue weighted by molar-refractivity contribution is 7.92. The number of fused-ring (bicyclic) bond motifs is 1. The van der Waals surface area contributed by atoms with Crippen molar-refractivity contribution < 1.29 is 8.42 Å². The number of sulfonamides is 1. The molecule has 2 aromatic carbocycles. The van der Waals surface area contributed by atoms with Gasteiger partial charge in [0.2, 0.25) is 0 Å². The molecule has 30 heavy (non-hydrogen) atoms. The lowest BCUT2D eigenvalue weighted by Gasteiger charge is -2.09. The van der Waals surface area contributed by atoms with Gasteiger partial charge >= 0.3 is 0 Å². The Hall–Kier alpha value is -2.84. The van der Waals surface area contributed by atoms with E-state index in [1.54, 1.807) is 36.4 Å². The fourth-order valence-electron chi connectivity index (χ4n) is 3.49. The lowest BCUT2D eigenvalue weighted by molar-refractivity contribution is 0.583. The highest BCUT2D eigenvalue weighted by atomic mass is 35.5. The molecule has 4 aromatic rings. The molecular weight excluding hydrogens is 422 g/mol. The molecule has 4 rings (SSSR count). The van der Waals surface area contributed by atoms with Crippen LogP contribution in [0.2, 0.25) is 5.02 Å². The van der Waals surface area contributed by atoms with E-state index >= 15 is 0 Å². The monoisotopic (exact) mass is 443 g/mol. The predicted octanol–water partition coefficient (Wildman–Crippen LogP) is 4.91. The van der Waals surface area contributed by atoms with Crippen molar-refractivity contribution in [3.8, 4) is 11.4 Å². The molecule has 0 bridgehead atoms. The van der Waals surface area contributed by atoms with E-state index < -0.39 is 10.0 Å². The first-order valence-electron chi connectivity index (χ1n) is 9.61. The Morgan fingerprint density at radius 1 is 1.17 bits per heavy atom. The van der Waals surface area contributed by atoms with E-state index in [4.69, 9.17) is 11.6 Å². The van der Waals surface area contributed by atoms with E-state index in [-0.39, 0.29) is 4.90 Å². The average Bonchev–Trinajstić information content (AvgIpc) is 3.23. The summed E-state index contributed by atoms with van der Waals surface area (Å²) in [6.45, 7) is 6.91. The van der Waals surface area contributed by atoms with Crippen LogP contribution in [0.3, 0.4) is 0 Å². The molecular formula is C21H22ClN5O2S. The molecule has 0 fully saturated rings. The summed E-state index contributed by atoms with van der Waals surface area (Å²) < 4.78 is 30.2. The van der Waals surface area contributed by atoms with Crippen LogP contribution in [-0.2, 0) is 16.6 Å². The lowest BCUT2D eigenvalue weighted by Crippen LogP contribution is -2.13. The van der Waals surface area contributed by atoms with Gasteiger partial charge in [0.1, 0.15) is 5.82 Å². The van der Waals surface area contributed by atoms with Crippen molar-refractivity contribution in [1.82, 2.24) is 19.7 Å². The summed E-state index contributed by atoms with van der Waals surface area (Å²) in [6, 6.07) is 11.5. The number of nitrogens with zero attached hydrogens (tertiary/aromatic N) is 3. The number of aromatic amines is 1. The highest BCUT2D eigenvalue weighted by Gasteiger charge is 2.19. The number of imidazole rings is 1. The van der Waals surface area contributed by atoms with Crippen molar-refractivity contribution in [3.05, 3.63) is 58.9 Å². The minimum absolute atomic E-state index is 0.125. The smallest absolute Gasteiger partial charge is 0.262 e. The van der Waals surface area contributed by atoms with Crippen molar-refractivity contribution in [2.75, 3.05) is 4.72 Å². The van der Waals surface area contributed by atoms with E-state index in [1.807, 2.05) is 18.5 Å². The van der Waals surface area contributed by atoms with Crippen LogP contribution in [0.15, 0.2) is 47.4 Å². The Bertz CT molecular complexity index is 1340. The molecule has 7 nitrogen and oxygen atoms in total. The highest BCUT2D eigenvalue weighted by Crippen LogP contribution is 2.29. The van der Waals surface area contributed by atoms with Crippen LogP contribution < -0.4 is 4.72 Å². The maximum Gasteiger partial charge on any atom is 0.262 e. The minimum atomic E-state index is -3.80. The fraction of sp³-hybridized carbons (Fsp3) is 0.238. The second kappa shape index (κ2) is 7.77. The second-order valence-corrected chi connectivity index (χ2v) is 9.21. The number of anilines is 1. The van der Waals surface area contributed by atoms with Gasteiger partial charge in [-0.3, -0.25) is 9.40 Å². The molecule has 0 aliphatic rings. The zero-order valence-electron chi connectivity index (χ0n) is 16.9. The molecule has 2 aromatic heterocycles. The normalized spacial score (nSPS) is 11.9. The summed E-state index contributed by atoms with van der Waals surface area (Å²) in [6.07, 6.45) is 0.987. The van der Waals surface area contributed by atoms with Gasteiger partial charge in [-0.15, -0.1) is 0 Å². The van der Waals surface area contributed by atoms with Crippen molar-refractivity contribution in [1.29, 1.82) is 0 Å². The SMILES string of the molecule is CCCn1nc(C)c(-c2nc3ccc(S(=O)(=O)Nc4ccccc4Cl)cc3[nH]2)c1C. The number of para-hydroxylation sites is 1. The Balaban J connectivity index is 1.72. The molecule has 2 heterocycles. The quantitative estimate of drug-likeness (QED) is 0.443. The van der Waals surface area contributed by atoms with E-state index in [0.29, 0.717) is 27.6 Å².